The van der Waals surface area contributed by atoms with Gasteiger partial charge in [-0.25, -0.2) is 4.98 Å². The molecule has 0 aliphatic rings. The number of fused-ring (bicyclic) bond motifs is 1. The van der Waals surface area contributed by atoms with E-state index in [0.717, 1.165) is 32.6 Å². The van der Waals surface area contributed by atoms with Gasteiger partial charge in [-0.15, -0.1) is 10.2 Å². The molecule has 0 saturated carbocycles. The number of hydrogen-bond donors (Lipinski definition) is 0. The van der Waals surface area contributed by atoms with E-state index in [0.29, 0.717) is 17.6 Å². The first-order chi connectivity index (χ1) is 13.3. The molecule has 4 rings (SSSR count). The highest BCUT2D eigenvalue weighted by Crippen LogP contribution is 2.32. The third-order valence-electron chi connectivity index (χ3n) is 3.90. The molecule has 0 unspecified atom stereocenters. The molecule has 6 nitrogen and oxygen atoms in total. The molecule has 0 radical (unpaired) electrons. The van der Waals surface area contributed by atoms with Gasteiger partial charge in [0, 0.05) is 5.69 Å². The van der Waals surface area contributed by atoms with E-state index in [1.165, 1.54) is 11.3 Å². The largest absolute Gasteiger partial charge is 0.497 e. The average molecular weight is 399 g/mol. The summed E-state index contributed by atoms with van der Waals surface area (Å²) >= 11 is 3.11. The summed E-state index contributed by atoms with van der Waals surface area (Å²) in [6.07, 6.45) is 0. The predicted octanol–water partition coefficient (Wildman–Crippen LogP) is 4.58. The molecule has 0 aliphatic carbocycles. The van der Waals surface area contributed by atoms with Gasteiger partial charge >= 0.3 is 0 Å². The summed E-state index contributed by atoms with van der Waals surface area (Å²) in [4.78, 5) is 4.81. The van der Waals surface area contributed by atoms with Crippen LogP contribution in [0.3, 0.4) is 0 Å². The van der Waals surface area contributed by atoms with Crippen LogP contribution in [-0.4, -0.2) is 33.5 Å². The van der Waals surface area contributed by atoms with Crippen molar-refractivity contribution in [3.05, 3.63) is 53.5 Å². The van der Waals surface area contributed by atoms with Crippen LogP contribution in [0.25, 0.3) is 16.7 Å². The highest BCUT2D eigenvalue weighted by molar-refractivity contribution is 7.98. The lowest BCUT2D eigenvalue weighted by Gasteiger charge is -2.09. The zero-order valence-corrected chi connectivity index (χ0v) is 16.6. The van der Waals surface area contributed by atoms with Crippen molar-refractivity contribution in [3.63, 3.8) is 0 Å². The second-order valence-electron chi connectivity index (χ2n) is 5.60. The fourth-order valence-electron chi connectivity index (χ4n) is 2.69. The van der Waals surface area contributed by atoms with Crippen molar-refractivity contribution in [2.24, 2.45) is 0 Å². The molecule has 0 bridgehead atoms. The van der Waals surface area contributed by atoms with Crippen molar-refractivity contribution in [2.75, 3.05) is 13.7 Å². The second-order valence-corrected chi connectivity index (χ2v) is 7.57. The average Bonchev–Trinajstić information content (AvgIpc) is 3.30. The lowest BCUT2D eigenvalue weighted by molar-refractivity contribution is 0.335. The second kappa shape index (κ2) is 7.98. The summed E-state index contributed by atoms with van der Waals surface area (Å²) < 4.78 is 12.8. The Morgan fingerprint density at radius 2 is 1.89 bits per heavy atom. The fraction of sp³-hybridized carbons (Fsp3) is 0.211. The quantitative estimate of drug-likeness (QED) is 0.425. The monoisotopic (exact) mass is 398 g/mol. The molecule has 2 aromatic carbocycles. The Morgan fingerprint density at radius 3 is 2.67 bits per heavy atom. The summed E-state index contributed by atoms with van der Waals surface area (Å²) in [5, 5.41) is 10.7. The molecule has 0 saturated heterocycles. The fourth-order valence-corrected chi connectivity index (χ4v) is 4.45. The van der Waals surface area contributed by atoms with Crippen LogP contribution in [0.5, 0.6) is 10.9 Å². The number of ether oxygens (including phenoxy) is 2. The number of rotatable bonds is 7. The minimum atomic E-state index is 0.592. The van der Waals surface area contributed by atoms with Gasteiger partial charge in [-0.3, -0.25) is 4.57 Å². The minimum Gasteiger partial charge on any atom is -0.497 e. The van der Waals surface area contributed by atoms with Crippen LogP contribution in [0.2, 0.25) is 0 Å². The summed E-state index contributed by atoms with van der Waals surface area (Å²) in [5.41, 5.74) is 3.07. The Bertz CT molecular complexity index is 1040. The van der Waals surface area contributed by atoms with E-state index in [1.807, 2.05) is 49.4 Å². The standard InChI is InChI=1S/C19H18N4O2S2/c1-3-25-19-22-21-17(27-19)12-26-18-20-15-6-4-5-7-16(15)23(18)13-8-10-14(24-2)11-9-13/h4-11H,3,12H2,1-2H3. The zero-order valence-electron chi connectivity index (χ0n) is 15.0. The smallest absolute Gasteiger partial charge is 0.294 e. The predicted molar refractivity (Wildman–Crippen MR) is 108 cm³/mol. The summed E-state index contributed by atoms with van der Waals surface area (Å²) in [6, 6.07) is 16.1. The van der Waals surface area contributed by atoms with Crippen LogP contribution in [0.1, 0.15) is 11.9 Å². The molecule has 2 aromatic heterocycles. The van der Waals surface area contributed by atoms with Gasteiger partial charge in [-0.1, -0.05) is 35.2 Å². The summed E-state index contributed by atoms with van der Waals surface area (Å²) in [6.45, 7) is 2.53. The molecule has 138 valence electrons. The normalized spacial score (nSPS) is 11.0. The van der Waals surface area contributed by atoms with Gasteiger partial charge in [-0.2, -0.15) is 0 Å². The van der Waals surface area contributed by atoms with Gasteiger partial charge in [0.15, 0.2) is 5.16 Å². The van der Waals surface area contributed by atoms with Crippen molar-refractivity contribution in [1.82, 2.24) is 19.7 Å². The molecule has 0 N–H and O–H groups in total. The molecular weight excluding hydrogens is 380 g/mol. The number of benzene rings is 2. The van der Waals surface area contributed by atoms with Gasteiger partial charge in [0.25, 0.3) is 5.19 Å². The number of methoxy groups -OCH3 is 1. The maximum Gasteiger partial charge on any atom is 0.294 e. The molecule has 0 aliphatic heterocycles. The lowest BCUT2D eigenvalue weighted by atomic mass is 10.2. The van der Waals surface area contributed by atoms with Crippen LogP contribution < -0.4 is 9.47 Å². The number of para-hydroxylation sites is 2. The number of hydrogen-bond acceptors (Lipinski definition) is 7. The Balaban J connectivity index is 1.66. The molecule has 0 atom stereocenters. The van der Waals surface area contributed by atoms with Crippen molar-refractivity contribution in [3.8, 4) is 16.6 Å². The van der Waals surface area contributed by atoms with Crippen LogP contribution in [0, 0.1) is 0 Å². The van der Waals surface area contributed by atoms with E-state index >= 15 is 0 Å². The van der Waals surface area contributed by atoms with E-state index in [-0.39, 0.29) is 0 Å². The zero-order chi connectivity index (χ0) is 18.6. The Kier molecular flexibility index (Phi) is 5.26. The molecule has 4 aromatic rings. The van der Waals surface area contributed by atoms with Crippen molar-refractivity contribution < 1.29 is 9.47 Å². The number of aromatic nitrogens is 4. The topological polar surface area (TPSA) is 62.1 Å². The van der Waals surface area contributed by atoms with E-state index in [2.05, 4.69) is 20.8 Å². The van der Waals surface area contributed by atoms with E-state index in [1.54, 1.807) is 18.9 Å². The molecule has 8 heteroatoms. The van der Waals surface area contributed by atoms with Crippen molar-refractivity contribution >= 4 is 34.1 Å². The molecule has 27 heavy (non-hydrogen) atoms. The molecule has 0 fully saturated rings. The summed E-state index contributed by atoms with van der Waals surface area (Å²) in [5.74, 6) is 1.51. The van der Waals surface area contributed by atoms with Crippen LogP contribution in [-0.2, 0) is 5.75 Å². The lowest BCUT2D eigenvalue weighted by Crippen LogP contribution is -1.97. The SMILES string of the molecule is CCOc1nnc(CSc2nc3ccccc3n2-c2ccc(OC)cc2)s1. The third-order valence-corrected chi connectivity index (χ3v) is 5.87. The van der Waals surface area contributed by atoms with Crippen molar-refractivity contribution in [1.29, 1.82) is 0 Å². The first kappa shape index (κ1) is 17.8. The molecule has 0 spiro atoms. The van der Waals surface area contributed by atoms with Gasteiger partial charge < -0.3 is 9.47 Å². The minimum absolute atomic E-state index is 0.592. The van der Waals surface area contributed by atoms with Crippen LogP contribution in [0.15, 0.2) is 53.7 Å². The van der Waals surface area contributed by atoms with Gasteiger partial charge in [0.1, 0.15) is 10.8 Å². The van der Waals surface area contributed by atoms with E-state index in [9.17, 15) is 0 Å². The Labute approximate surface area is 165 Å². The Hall–Kier alpha value is -2.58. The highest BCUT2D eigenvalue weighted by Gasteiger charge is 2.14. The Morgan fingerprint density at radius 1 is 1.07 bits per heavy atom. The first-order valence-corrected chi connectivity index (χ1v) is 10.3. The van der Waals surface area contributed by atoms with Gasteiger partial charge in [0.05, 0.1) is 30.5 Å². The van der Waals surface area contributed by atoms with E-state index < -0.39 is 0 Å². The van der Waals surface area contributed by atoms with Crippen LogP contribution >= 0.6 is 23.1 Å². The first-order valence-electron chi connectivity index (χ1n) is 8.48. The highest BCUT2D eigenvalue weighted by atomic mass is 32.2. The summed E-state index contributed by atoms with van der Waals surface area (Å²) in [7, 11) is 1.67. The molecule has 0 amide bonds. The maximum absolute atomic E-state index is 5.40. The van der Waals surface area contributed by atoms with Crippen molar-refractivity contribution in [2.45, 2.75) is 17.8 Å². The maximum atomic E-state index is 5.40. The van der Waals surface area contributed by atoms with Gasteiger partial charge in [-0.05, 0) is 43.3 Å². The van der Waals surface area contributed by atoms with Gasteiger partial charge in [0.2, 0.25) is 0 Å². The van der Waals surface area contributed by atoms with E-state index in [4.69, 9.17) is 14.5 Å². The van der Waals surface area contributed by atoms with Crippen LogP contribution in [0.4, 0.5) is 0 Å². The number of imidazole rings is 1. The number of thioether (sulfide) groups is 1. The molecular formula is C19H18N4O2S2. The third kappa shape index (κ3) is 3.77. The molecule has 2 heterocycles. The number of nitrogens with zero attached hydrogens (tertiary/aromatic N) is 4.